The summed E-state index contributed by atoms with van der Waals surface area (Å²) in [6.07, 6.45) is 4.92. The predicted octanol–water partition coefficient (Wildman–Crippen LogP) is 2.20. The molecule has 1 aliphatic rings. The second-order valence-electron chi connectivity index (χ2n) is 3.43. The summed E-state index contributed by atoms with van der Waals surface area (Å²) in [5.41, 5.74) is 0. The maximum atomic E-state index is 11.0. The summed E-state index contributed by atoms with van der Waals surface area (Å²) < 4.78 is 5.17. The average molecular weight is 179 g/mol. The zero-order chi connectivity index (χ0) is 9.10. The number of hydrogen-bond donors (Lipinski definition) is 1. The smallest absolute Gasteiger partial charge is 0.192 e. The van der Waals surface area contributed by atoms with E-state index in [0.29, 0.717) is 24.7 Å². The highest BCUT2D eigenvalue weighted by Gasteiger charge is 2.18. The zero-order valence-corrected chi connectivity index (χ0v) is 7.45. The van der Waals surface area contributed by atoms with Crippen molar-refractivity contribution in [1.29, 1.82) is 0 Å². The number of ketones is 1. The van der Waals surface area contributed by atoms with E-state index in [2.05, 4.69) is 5.32 Å². The van der Waals surface area contributed by atoms with Crippen molar-refractivity contribution in [3.8, 4) is 0 Å². The molecule has 0 aliphatic heterocycles. The minimum Gasteiger partial charge on any atom is -0.449 e. The Labute approximate surface area is 77.1 Å². The van der Waals surface area contributed by atoms with Gasteiger partial charge in [-0.25, -0.2) is 0 Å². The number of furan rings is 1. The third-order valence-corrected chi connectivity index (χ3v) is 2.41. The van der Waals surface area contributed by atoms with E-state index in [0.717, 1.165) is 18.7 Å². The van der Waals surface area contributed by atoms with Gasteiger partial charge in [0.1, 0.15) is 5.78 Å². The molecule has 1 heterocycles. The minimum absolute atomic E-state index is 0.387. The SMILES string of the molecule is O=C1CCC(Nc2ccco2)CC1. The van der Waals surface area contributed by atoms with E-state index in [1.54, 1.807) is 6.26 Å². The van der Waals surface area contributed by atoms with E-state index in [-0.39, 0.29) is 0 Å². The lowest BCUT2D eigenvalue weighted by Gasteiger charge is -2.21. The first-order valence-electron chi connectivity index (χ1n) is 4.66. The van der Waals surface area contributed by atoms with Crippen molar-refractivity contribution >= 4 is 11.7 Å². The molecule has 1 saturated carbocycles. The monoisotopic (exact) mass is 179 g/mol. The summed E-state index contributed by atoms with van der Waals surface area (Å²) in [5.74, 6) is 1.19. The standard InChI is InChI=1S/C10H13NO2/c12-9-5-3-8(4-6-9)11-10-2-1-7-13-10/h1-2,7-8,11H,3-6H2. The Balaban J connectivity index is 1.86. The van der Waals surface area contributed by atoms with Crippen LogP contribution >= 0.6 is 0 Å². The second kappa shape index (κ2) is 3.64. The zero-order valence-electron chi connectivity index (χ0n) is 7.45. The number of nitrogens with one attached hydrogen (secondary N) is 1. The molecule has 0 saturated heterocycles. The summed E-state index contributed by atoms with van der Waals surface area (Å²) in [4.78, 5) is 11.0. The summed E-state index contributed by atoms with van der Waals surface area (Å²) >= 11 is 0. The number of rotatable bonds is 2. The Hall–Kier alpha value is -1.25. The first kappa shape index (κ1) is 8.35. The van der Waals surface area contributed by atoms with Crippen molar-refractivity contribution in [3.63, 3.8) is 0 Å². The number of carbonyl (C=O) groups excluding carboxylic acids is 1. The van der Waals surface area contributed by atoms with Crippen molar-refractivity contribution in [2.75, 3.05) is 5.32 Å². The van der Waals surface area contributed by atoms with E-state index < -0.39 is 0 Å². The van der Waals surface area contributed by atoms with Gasteiger partial charge in [-0.2, -0.15) is 0 Å². The van der Waals surface area contributed by atoms with Crippen LogP contribution in [0.2, 0.25) is 0 Å². The molecular formula is C10H13NO2. The van der Waals surface area contributed by atoms with Gasteiger partial charge in [-0.15, -0.1) is 0 Å². The number of Topliss-reactive ketones (excluding diaryl/α,β-unsaturated/α-hetero) is 1. The molecule has 0 atom stereocenters. The summed E-state index contributed by atoms with van der Waals surface area (Å²) in [7, 11) is 0. The van der Waals surface area contributed by atoms with Crippen molar-refractivity contribution in [1.82, 2.24) is 0 Å². The van der Waals surface area contributed by atoms with E-state index in [9.17, 15) is 4.79 Å². The molecule has 0 spiro atoms. The maximum Gasteiger partial charge on any atom is 0.192 e. The third kappa shape index (κ3) is 2.11. The van der Waals surface area contributed by atoms with Crippen LogP contribution in [0.15, 0.2) is 22.8 Å². The fraction of sp³-hybridized carbons (Fsp3) is 0.500. The van der Waals surface area contributed by atoms with Gasteiger partial charge in [-0.3, -0.25) is 4.79 Å². The molecule has 1 N–H and O–H groups in total. The van der Waals surface area contributed by atoms with Gasteiger partial charge in [0, 0.05) is 24.9 Å². The molecule has 3 heteroatoms. The topological polar surface area (TPSA) is 42.2 Å². The fourth-order valence-electron chi connectivity index (χ4n) is 1.65. The number of carbonyl (C=O) groups is 1. The van der Waals surface area contributed by atoms with Crippen LogP contribution in [-0.2, 0) is 4.79 Å². The molecule has 1 aliphatic carbocycles. The average Bonchev–Trinajstić information content (AvgIpc) is 2.62. The molecule has 1 aromatic heterocycles. The van der Waals surface area contributed by atoms with Crippen LogP contribution in [0.1, 0.15) is 25.7 Å². The van der Waals surface area contributed by atoms with Gasteiger partial charge in [0.15, 0.2) is 5.88 Å². The van der Waals surface area contributed by atoms with Crippen LogP contribution in [0.5, 0.6) is 0 Å². The molecule has 0 bridgehead atoms. The van der Waals surface area contributed by atoms with Crippen LogP contribution in [-0.4, -0.2) is 11.8 Å². The second-order valence-corrected chi connectivity index (χ2v) is 3.43. The molecular weight excluding hydrogens is 166 g/mol. The molecule has 3 nitrogen and oxygen atoms in total. The van der Waals surface area contributed by atoms with Crippen LogP contribution in [0, 0.1) is 0 Å². The van der Waals surface area contributed by atoms with Gasteiger partial charge in [0.25, 0.3) is 0 Å². The van der Waals surface area contributed by atoms with Crippen molar-refractivity contribution < 1.29 is 9.21 Å². The lowest BCUT2D eigenvalue weighted by atomic mass is 9.94. The van der Waals surface area contributed by atoms with Gasteiger partial charge in [-0.05, 0) is 18.9 Å². The van der Waals surface area contributed by atoms with E-state index in [1.807, 2.05) is 12.1 Å². The molecule has 13 heavy (non-hydrogen) atoms. The van der Waals surface area contributed by atoms with Gasteiger partial charge in [0.05, 0.1) is 6.26 Å². The highest BCUT2D eigenvalue weighted by Crippen LogP contribution is 2.19. The van der Waals surface area contributed by atoms with Crippen LogP contribution in [0.25, 0.3) is 0 Å². The Bertz CT molecular complexity index is 269. The normalized spacial score (nSPS) is 18.9. The van der Waals surface area contributed by atoms with Crippen molar-refractivity contribution in [3.05, 3.63) is 18.4 Å². The molecule has 0 unspecified atom stereocenters. The Morgan fingerprint density at radius 2 is 2.15 bits per heavy atom. The molecule has 1 fully saturated rings. The van der Waals surface area contributed by atoms with Crippen LogP contribution in [0.3, 0.4) is 0 Å². The highest BCUT2D eigenvalue weighted by molar-refractivity contribution is 5.79. The van der Waals surface area contributed by atoms with E-state index >= 15 is 0 Å². The van der Waals surface area contributed by atoms with Crippen molar-refractivity contribution in [2.24, 2.45) is 0 Å². The van der Waals surface area contributed by atoms with Gasteiger partial charge in [-0.1, -0.05) is 0 Å². The Morgan fingerprint density at radius 3 is 2.77 bits per heavy atom. The van der Waals surface area contributed by atoms with E-state index in [1.165, 1.54) is 0 Å². The maximum absolute atomic E-state index is 11.0. The minimum atomic E-state index is 0.387. The molecule has 2 rings (SSSR count). The van der Waals surface area contributed by atoms with Gasteiger partial charge in [0.2, 0.25) is 0 Å². The molecule has 70 valence electrons. The van der Waals surface area contributed by atoms with Crippen molar-refractivity contribution in [2.45, 2.75) is 31.7 Å². The largest absolute Gasteiger partial charge is 0.449 e. The van der Waals surface area contributed by atoms with Gasteiger partial charge >= 0.3 is 0 Å². The number of anilines is 1. The molecule has 0 aromatic carbocycles. The third-order valence-electron chi connectivity index (χ3n) is 2.41. The fourth-order valence-corrected chi connectivity index (χ4v) is 1.65. The van der Waals surface area contributed by atoms with Crippen LogP contribution < -0.4 is 5.32 Å². The summed E-state index contributed by atoms with van der Waals surface area (Å²) in [5, 5.41) is 3.26. The first-order valence-corrected chi connectivity index (χ1v) is 4.66. The quantitative estimate of drug-likeness (QED) is 0.756. The molecule has 0 amide bonds. The van der Waals surface area contributed by atoms with Crippen LogP contribution in [0.4, 0.5) is 5.88 Å². The molecule has 0 radical (unpaired) electrons. The summed E-state index contributed by atoms with van der Waals surface area (Å²) in [6, 6.07) is 4.16. The van der Waals surface area contributed by atoms with Gasteiger partial charge < -0.3 is 9.73 Å². The Morgan fingerprint density at radius 1 is 1.38 bits per heavy atom. The number of hydrogen-bond acceptors (Lipinski definition) is 3. The van der Waals surface area contributed by atoms with E-state index in [4.69, 9.17) is 4.42 Å². The predicted molar refractivity (Wildman–Crippen MR) is 49.6 cm³/mol. The highest BCUT2D eigenvalue weighted by atomic mass is 16.3. The first-order chi connectivity index (χ1) is 6.34. The summed E-state index contributed by atoms with van der Waals surface area (Å²) in [6.45, 7) is 0. The Kier molecular flexibility index (Phi) is 2.34. The lowest BCUT2D eigenvalue weighted by molar-refractivity contribution is -0.120. The molecule has 1 aromatic rings. The lowest BCUT2D eigenvalue weighted by Crippen LogP contribution is -2.25.